The molecule has 0 saturated carbocycles. The number of nitrogens with zero attached hydrogens (tertiary/aromatic N) is 2. The third-order valence-corrected chi connectivity index (χ3v) is 2.97. The van der Waals surface area contributed by atoms with Crippen molar-refractivity contribution < 1.29 is 27.5 Å². The number of halogens is 3. The van der Waals surface area contributed by atoms with E-state index in [1.807, 2.05) is 0 Å². The van der Waals surface area contributed by atoms with Crippen molar-refractivity contribution in [2.75, 3.05) is 7.11 Å². The number of aromatic nitrogens is 2. The van der Waals surface area contributed by atoms with Gasteiger partial charge in [0.2, 0.25) is 11.7 Å². The molecule has 0 spiro atoms. The Kier molecular flexibility index (Phi) is 4.17. The maximum absolute atomic E-state index is 12.5. The third-order valence-electron chi connectivity index (χ3n) is 2.97. The SMILES string of the molecule is COc1cccc(-c2noc(C(C)C(O)C(F)(F)F)n2)c1. The normalized spacial score (nSPS) is 14.8. The van der Waals surface area contributed by atoms with Gasteiger partial charge in [0.1, 0.15) is 5.75 Å². The molecule has 0 aliphatic heterocycles. The Labute approximate surface area is 118 Å². The van der Waals surface area contributed by atoms with E-state index in [-0.39, 0.29) is 11.7 Å². The summed E-state index contributed by atoms with van der Waals surface area (Å²) in [6.45, 7) is 1.17. The van der Waals surface area contributed by atoms with Gasteiger partial charge in [-0.05, 0) is 12.1 Å². The monoisotopic (exact) mass is 302 g/mol. The summed E-state index contributed by atoms with van der Waals surface area (Å²) < 4.78 is 47.2. The highest BCUT2D eigenvalue weighted by Crippen LogP contribution is 2.31. The largest absolute Gasteiger partial charge is 0.497 e. The van der Waals surface area contributed by atoms with Gasteiger partial charge in [0.15, 0.2) is 6.10 Å². The van der Waals surface area contributed by atoms with Gasteiger partial charge >= 0.3 is 6.18 Å². The lowest BCUT2D eigenvalue weighted by Gasteiger charge is -2.17. The summed E-state index contributed by atoms with van der Waals surface area (Å²) in [5.41, 5.74) is 0.540. The topological polar surface area (TPSA) is 68.4 Å². The quantitative estimate of drug-likeness (QED) is 0.940. The first kappa shape index (κ1) is 15.3. The number of ether oxygens (including phenoxy) is 1. The molecule has 8 heteroatoms. The minimum atomic E-state index is -4.75. The molecule has 1 heterocycles. The van der Waals surface area contributed by atoms with Crippen LogP contribution in [0.3, 0.4) is 0 Å². The molecule has 0 aliphatic rings. The summed E-state index contributed by atoms with van der Waals surface area (Å²) in [6.07, 6.45) is -7.31. The molecule has 2 unspecified atom stereocenters. The first-order valence-corrected chi connectivity index (χ1v) is 6.05. The van der Waals surface area contributed by atoms with Crippen molar-refractivity contribution in [1.82, 2.24) is 10.1 Å². The Morgan fingerprint density at radius 3 is 2.67 bits per heavy atom. The molecule has 21 heavy (non-hydrogen) atoms. The van der Waals surface area contributed by atoms with E-state index in [1.165, 1.54) is 14.0 Å². The predicted molar refractivity (Wildman–Crippen MR) is 66.8 cm³/mol. The van der Waals surface area contributed by atoms with Crippen molar-refractivity contribution in [3.63, 3.8) is 0 Å². The zero-order valence-electron chi connectivity index (χ0n) is 11.3. The van der Waals surface area contributed by atoms with Gasteiger partial charge in [-0.2, -0.15) is 18.2 Å². The van der Waals surface area contributed by atoms with E-state index in [1.54, 1.807) is 24.3 Å². The molecule has 0 amide bonds. The molecule has 1 N–H and O–H groups in total. The van der Waals surface area contributed by atoms with Gasteiger partial charge in [-0.15, -0.1) is 0 Å². The second-order valence-corrected chi connectivity index (χ2v) is 4.46. The fourth-order valence-electron chi connectivity index (χ4n) is 1.72. The van der Waals surface area contributed by atoms with Crippen LogP contribution in [0.2, 0.25) is 0 Å². The van der Waals surface area contributed by atoms with Gasteiger partial charge in [-0.25, -0.2) is 0 Å². The van der Waals surface area contributed by atoms with E-state index in [4.69, 9.17) is 9.26 Å². The van der Waals surface area contributed by atoms with Crippen molar-refractivity contribution in [2.24, 2.45) is 0 Å². The molecule has 114 valence electrons. The first-order chi connectivity index (χ1) is 9.82. The average Bonchev–Trinajstić information content (AvgIpc) is 2.94. The van der Waals surface area contributed by atoms with Gasteiger partial charge < -0.3 is 14.4 Å². The molecular weight excluding hydrogens is 289 g/mol. The molecule has 2 rings (SSSR count). The van der Waals surface area contributed by atoms with E-state index in [0.29, 0.717) is 11.3 Å². The lowest BCUT2D eigenvalue weighted by Crippen LogP contribution is -2.33. The van der Waals surface area contributed by atoms with Gasteiger partial charge in [-0.1, -0.05) is 24.2 Å². The van der Waals surface area contributed by atoms with Gasteiger partial charge in [0.05, 0.1) is 13.0 Å². The van der Waals surface area contributed by atoms with E-state index in [9.17, 15) is 18.3 Å². The van der Waals surface area contributed by atoms with Gasteiger partial charge in [0, 0.05) is 5.56 Å². The molecule has 2 aromatic rings. The number of alkyl halides is 3. The third kappa shape index (κ3) is 3.33. The highest BCUT2D eigenvalue weighted by Gasteiger charge is 2.44. The van der Waals surface area contributed by atoms with Crippen LogP contribution in [-0.4, -0.2) is 34.6 Å². The van der Waals surface area contributed by atoms with Crippen LogP contribution in [0.25, 0.3) is 11.4 Å². The number of rotatable bonds is 4. The van der Waals surface area contributed by atoms with Crippen LogP contribution in [0.15, 0.2) is 28.8 Å². The van der Waals surface area contributed by atoms with Crippen molar-refractivity contribution in [3.8, 4) is 17.1 Å². The Bertz CT molecular complexity index is 613. The van der Waals surface area contributed by atoms with Crippen molar-refractivity contribution in [2.45, 2.75) is 25.1 Å². The van der Waals surface area contributed by atoms with Crippen molar-refractivity contribution >= 4 is 0 Å². The molecule has 0 saturated heterocycles. The second kappa shape index (κ2) is 5.72. The van der Waals surface area contributed by atoms with Crippen LogP contribution >= 0.6 is 0 Å². The lowest BCUT2D eigenvalue weighted by atomic mass is 10.0. The molecule has 5 nitrogen and oxygen atoms in total. The van der Waals surface area contributed by atoms with E-state index in [2.05, 4.69) is 10.1 Å². The zero-order valence-corrected chi connectivity index (χ0v) is 11.3. The average molecular weight is 302 g/mol. The number of aliphatic hydroxyl groups is 1. The Balaban J connectivity index is 2.25. The first-order valence-electron chi connectivity index (χ1n) is 6.05. The summed E-state index contributed by atoms with van der Waals surface area (Å²) in [7, 11) is 1.49. The highest BCUT2D eigenvalue weighted by atomic mass is 19.4. The molecule has 1 aromatic carbocycles. The predicted octanol–water partition coefficient (Wildman–Crippen LogP) is 2.77. The summed E-state index contributed by atoms with van der Waals surface area (Å²) in [6, 6.07) is 6.69. The van der Waals surface area contributed by atoms with Crippen LogP contribution in [0.5, 0.6) is 5.75 Å². The summed E-state index contributed by atoms with van der Waals surface area (Å²) in [4.78, 5) is 3.90. The highest BCUT2D eigenvalue weighted by molar-refractivity contribution is 5.56. The van der Waals surface area contributed by atoms with Crippen LogP contribution in [0.1, 0.15) is 18.7 Å². The Morgan fingerprint density at radius 1 is 1.33 bits per heavy atom. The number of methoxy groups -OCH3 is 1. The second-order valence-electron chi connectivity index (χ2n) is 4.46. The summed E-state index contributed by atoms with van der Waals surface area (Å²) in [5.74, 6) is -0.943. The van der Waals surface area contributed by atoms with Crippen molar-refractivity contribution in [1.29, 1.82) is 0 Å². The number of hydrogen-bond acceptors (Lipinski definition) is 5. The molecule has 1 aromatic heterocycles. The molecular formula is C13H13F3N2O3. The van der Waals surface area contributed by atoms with Crippen LogP contribution < -0.4 is 4.74 Å². The molecule has 0 radical (unpaired) electrons. The number of aliphatic hydroxyl groups excluding tert-OH is 1. The molecule has 0 bridgehead atoms. The summed E-state index contributed by atoms with van der Waals surface area (Å²) in [5, 5.41) is 12.8. The van der Waals surface area contributed by atoms with E-state index in [0.717, 1.165) is 0 Å². The fraction of sp³-hybridized carbons (Fsp3) is 0.385. The molecule has 0 fully saturated rings. The maximum atomic E-state index is 12.5. The number of hydrogen-bond donors (Lipinski definition) is 1. The Hall–Kier alpha value is -2.09. The zero-order chi connectivity index (χ0) is 15.6. The van der Waals surface area contributed by atoms with Gasteiger partial charge in [0.25, 0.3) is 0 Å². The Morgan fingerprint density at radius 2 is 2.05 bits per heavy atom. The van der Waals surface area contributed by atoms with Gasteiger partial charge in [-0.3, -0.25) is 0 Å². The smallest absolute Gasteiger partial charge is 0.415 e. The maximum Gasteiger partial charge on any atom is 0.415 e. The van der Waals surface area contributed by atoms with E-state index < -0.39 is 18.2 Å². The fourth-order valence-corrected chi connectivity index (χ4v) is 1.72. The van der Waals surface area contributed by atoms with Crippen molar-refractivity contribution in [3.05, 3.63) is 30.2 Å². The van der Waals surface area contributed by atoms with Crippen LogP contribution in [0.4, 0.5) is 13.2 Å². The molecule has 0 aliphatic carbocycles. The van der Waals surface area contributed by atoms with Crippen LogP contribution in [-0.2, 0) is 0 Å². The molecule has 2 atom stereocenters. The standard InChI is InChI=1S/C13H13F3N2O3/c1-7(10(19)13(14,15)16)12-17-11(18-21-12)8-4-3-5-9(6-8)20-2/h3-7,10,19H,1-2H3. The van der Waals surface area contributed by atoms with E-state index >= 15 is 0 Å². The minimum absolute atomic E-state index is 0.130. The lowest BCUT2D eigenvalue weighted by molar-refractivity contribution is -0.210. The van der Waals surface area contributed by atoms with Crippen LogP contribution in [0, 0.1) is 0 Å². The summed E-state index contributed by atoms with van der Waals surface area (Å²) >= 11 is 0. The minimum Gasteiger partial charge on any atom is -0.497 e. The number of benzene rings is 1.